The molecule has 0 fully saturated rings. The second kappa shape index (κ2) is 4.95. The largest absolute Gasteiger partial charge is 0.389 e. The molecule has 0 aliphatic heterocycles. The Morgan fingerprint density at radius 2 is 1.95 bits per heavy atom. The van der Waals surface area contributed by atoms with Crippen molar-refractivity contribution in [2.45, 2.75) is 0 Å². The van der Waals surface area contributed by atoms with Gasteiger partial charge in [0.25, 0.3) is 5.91 Å². The molecule has 1 aromatic carbocycles. The van der Waals surface area contributed by atoms with Gasteiger partial charge in [0.05, 0.1) is 11.1 Å². The minimum atomic E-state index is -0.605. The number of carbonyl (C=O) groups excluding carboxylic acids is 1. The minimum absolute atomic E-state index is 0.152. The SMILES string of the molecule is NC(=O)c1ccn(-c2nc3ccccc3cc2C(N)=S)n1. The molecule has 3 aromatic rings. The number of para-hydroxylation sites is 1. The summed E-state index contributed by atoms with van der Waals surface area (Å²) in [4.78, 5) is 15.9. The Hall–Kier alpha value is -2.80. The van der Waals surface area contributed by atoms with Crippen LogP contribution in [0.25, 0.3) is 16.7 Å². The standard InChI is InChI=1S/C14H11N5OS/c15-12(20)11-5-6-19(18-11)14-9(13(16)21)7-8-3-1-2-4-10(8)17-14/h1-7H,(H2,15,20)(H2,16,21). The molecule has 1 amide bonds. The van der Waals surface area contributed by atoms with E-state index >= 15 is 0 Å². The Bertz CT molecular complexity index is 871. The van der Waals surface area contributed by atoms with Gasteiger partial charge in [-0.3, -0.25) is 4.79 Å². The highest BCUT2D eigenvalue weighted by molar-refractivity contribution is 7.80. The average Bonchev–Trinajstić information content (AvgIpc) is 2.95. The van der Waals surface area contributed by atoms with Gasteiger partial charge in [0, 0.05) is 11.6 Å². The third-order valence-corrected chi connectivity index (χ3v) is 3.25. The number of hydrogen-bond acceptors (Lipinski definition) is 4. The van der Waals surface area contributed by atoms with Crippen LogP contribution in [0.2, 0.25) is 0 Å². The number of pyridine rings is 1. The Kier molecular flexibility index (Phi) is 3.11. The lowest BCUT2D eigenvalue weighted by Gasteiger charge is -2.09. The molecule has 0 saturated carbocycles. The summed E-state index contributed by atoms with van der Waals surface area (Å²) in [6.07, 6.45) is 1.60. The van der Waals surface area contributed by atoms with E-state index in [1.54, 1.807) is 6.20 Å². The quantitative estimate of drug-likeness (QED) is 0.706. The molecule has 2 aromatic heterocycles. The van der Waals surface area contributed by atoms with Gasteiger partial charge in [-0.2, -0.15) is 5.10 Å². The predicted molar refractivity (Wildman–Crippen MR) is 83.3 cm³/mol. The molecule has 21 heavy (non-hydrogen) atoms. The number of fused-ring (bicyclic) bond motifs is 1. The number of nitrogens with zero attached hydrogens (tertiary/aromatic N) is 3. The first-order valence-corrected chi connectivity index (χ1v) is 6.52. The van der Waals surface area contributed by atoms with E-state index in [2.05, 4.69) is 10.1 Å². The van der Waals surface area contributed by atoms with Crippen molar-refractivity contribution in [3.8, 4) is 5.82 Å². The maximum absolute atomic E-state index is 11.2. The zero-order valence-electron chi connectivity index (χ0n) is 10.9. The summed E-state index contributed by atoms with van der Waals surface area (Å²) < 4.78 is 1.45. The van der Waals surface area contributed by atoms with Crippen LogP contribution in [0, 0.1) is 0 Å². The highest BCUT2D eigenvalue weighted by atomic mass is 32.1. The van der Waals surface area contributed by atoms with Crippen LogP contribution in [0.4, 0.5) is 0 Å². The third kappa shape index (κ3) is 2.34. The molecule has 4 N–H and O–H groups in total. The monoisotopic (exact) mass is 297 g/mol. The lowest BCUT2D eigenvalue weighted by molar-refractivity contribution is 0.0995. The van der Waals surface area contributed by atoms with Gasteiger partial charge >= 0.3 is 0 Å². The summed E-state index contributed by atoms with van der Waals surface area (Å²) in [5.41, 5.74) is 12.5. The van der Waals surface area contributed by atoms with Crippen LogP contribution in [-0.4, -0.2) is 25.7 Å². The van der Waals surface area contributed by atoms with Crippen molar-refractivity contribution in [3.63, 3.8) is 0 Å². The highest BCUT2D eigenvalue weighted by Crippen LogP contribution is 2.19. The number of primary amides is 1. The zero-order valence-corrected chi connectivity index (χ0v) is 11.7. The molecule has 0 bridgehead atoms. The number of aromatic nitrogens is 3. The van der Waals surface area contributed by atoms with Crippen molar-refractivity contribution in [3.05, 3.63) is 53.9 Å². The van der Waals surface area contributed by atoms with E-state index in [1.165, 1.54) is 10.7 Å². The van der Waals surface area contributed by atoms with Crippen molar-refractivity contribution in [1.82, 2.24) is 14.8 Å². The number of hydrogen-bond donors (Lipinski definition) is 2. The van der Waals surface area contributed by atoms with Crippen molar-refractivity contribution in [1.29, 1.82) is 0 Å². The first-order valence-electron chi connectivity index (χ1n) is 6.11. The zero-order chi connectivity index (χ0) is 15.0. The summed E-state index contributed by atoms with van der Waals surface area (Å²) in [7, 11) is 0. The maximum atomic E-state index is 11.2. The van der Waals surface area contributed by atoms with Gasteiger partial charge in [0.15, 0.2) is 5.82 Å². The van der Waals surface area contributed by atoms with Crippen LogP contribution in [0.3, 0.4) is 0 Å². The van der Waals surface area contributed by atoms with Crippen LogP contribution in [0.15, 0.2) is 42.6 Å². The van der Waals surface area contributed by atoms with E-state index in [-0.39, 0.29) is 10.7 Å². The average molecular weight is 297 g/mol. The fourth-order valence-electron chi connectivity index (χ4n) is 2.04. The fourth-order valence-corrected chi connectivity index (χ4v) is 2.19. The smallest absolute Gasteiger partial charge is 0.269 e. The molecular formula is C14H11N5OS. The Morgan fingerprint density at radius 1 is 1.19 bits per heavy atom. The van der Waals surface area contributed by atoms with Crippen molar-refractivity contribution in [2.24, 2.45) is 11.5 Å². The molecular weight excluding hydrogens is 286 g/mol. The predicted octanol–water partition coefficient (Wildman–Crippen LogP) is 1.15. The van der Waals surface area contributed by atoms with Crippen LogP contribution in [0.5, 0.6) is 0 Å². The van der Waals surface area contributed by atoms with Gasteiger partial charge in [-0.05, 0) is 18.2 Å². The van der Waals surface area contributed by atoms with Gasteiger partial charge in [0.2, 0.25) is 0 Å². The van der Waals surface area contributed by atoms with Crippen LogP contribution < -0.4 is 11.5 Å². The summed E-state index contributed by atoms with van der Waals surface area (Å²) in [5.74, 6) is -0.139. The summed E-state index contributed by atoms with van der Waals surface area (Å²) >= 11 is 5.08. The van der Waals surface area contributed by atoms with Crippen molar-refractivity contribution < 1.29 is 4.79 Å². The number of amides is 1. The topological polar surface area (TPSA) is 99.8 Å². The Morgan fingerprint density at radius 3 is 2.62 bits per heavy atom. The first kappa shape index (κ1) is 13.2. The summed E-state index contributed by atoms with van der Waals surface area (Å²) in [6.45, 7) is 0. The Balaban J connectivity index is 2.25. The molecule has 104 valence electrons. The summed E-state index contributed by atoms with van der Waals surface area (Å²) in [5, 5.41) is 5.02. The van der Waals surface area contributed by atoms with Gasteiger partial charge in [0.1, 0.15) is 10.7 Å². The highest BCUT2D eigenvalue weighted by Gasteiger charge is 2.13. The van der Waals surface area contributed by atoms with Gasteiger partial charge in [-0.25, -0.2) is 9.67 Å². The lowest BCUT2D eigenvalue weighted by atomic mass is 10.1. The molecule has 6 nitrogen and oxygen atoms in total. The maximum Gasteiger partial charge on any atom is 0.269 e. The molecule has 7 heteroatoms. The van der Waals surface area contributed by atoms with Crippen LogP contribution in [0.1, 0.15) is 16.1 Å². The van der Waals surface area contributed by atoms with Crippen molar-refractivity contribution >= 4 is 34.0 Å². The first-order chi connectivity index (χ1) is 10.1. The van der Waals surface area contributed by atoms with Gasteiger partial charge < -0.3 is 11.5 Å². The van der Waals surface area contributed by atoms with E-state index in [0.717, 1.165) is 10.9 Å². The number of carbonyl (C=O) groups is 1. The second-order valence-corrected chi connectivity index (χ2v) is 4.87. The minimum Gasteiger partial charge on any atom is -0.389 e. The van der Waals surface area contributed by atoms with Gasteiger partial charge in [-0.1, -0.05) is 30.4 Å². The Labute approximate surface area is 125 Å². The summed E-state index contributed by atoms with van der Waals surface area (Å²) in [6, 6.07) is 11.0. The molecule has 2 heterocycles. The van der Waals surface area contributed by atoms with E-state index in [9.17, 15) is 4.79 Å². The van der Waals surface area contributed by atoms with E-state index in [1.807, 2.05) is 30.3 Å². The molecule has 0 spiro atoms. The van der Waals surface area contributed by atoms with Crippen LogP contribution in [-0.2, 0) is 0 Å². The third-order valence-electron chi connectivity index (χ3n) is 3.03. The number of rotatable bonds is 3. The molecule has 0 atom stereocenters. The normalized spacial score (nSPS) is 10.7. The van der Waals surface area contributed by atoms with Gasteiger partial charge in [-0.15, -0.1) is 0 Å². The van der Waals surface area contributed by atoms with E-state index < -0.39 is 5.91 Å². The molecule has 0 aliphatic rings. The fraction of sp³-hybridized carbons (Fsp3) is 0. The molecule has 0 unspecified atom stereocenters. The lowest BCUT2D eigenvalue weighted by Crippen LogP contribution is -2.16. The molecule has 0 radical (unpaired) electrons. The molecule has 0 saturated heterocycles. The molecule has 0 aliphatic carbocycles. The molecule has 3 rings (SSSR count). The van der Waals surface area contributed by atoms with E-state index in [4.69, 9.17) is 23.7 Å². The van der Waals surface area contributed by atoms with E-state index in [0.29, 0.717) is 11.4 Å². The number of benzene rings is 1. The van der Waals surface area contributed by atoms with Crippen molar-refractivity contribution in [2.75, 3.05) is 0 Å². The number of thiocarbonyl (C=S) groups is 1. The second-order valence-electron chi connectivity index (χ2n) is 4.43. The van der Waals surface area contributed by atoms with Crippen LogP contribution >= 0.6 is 12.2 Å². The number of nitrogens with two attached hydrogens (primary N) is 2.